The van der Waals surface area contributed by atoms with E-state index in [2.05, 4.69) is 4.57 Å². The van der Waals surface area contributed by atoms with Crippen molar-refractivity contribution in [2.24, 2.45) is 0 Å². The number of carbonyl (C=O) groups is 1. The van der Waals surface area contributed by atoms with Crippen LogP contribution in [0.4, 0.5) is 4.39 Å². The molecule has 6 nitrogen and oxygen atoms in total. The number of aromatic carboxylic acids is 1. The minimum Gasteiger partial charge on any atom is -0.488 e. The van der Waals surface area contributed by atoms with Crippen LogP contribution in [0.15, 0.2) is 97.1 Å². The number of carboxylic acids is 1. The first-order valence-corrected chi connectivity index (χ1v) is 16.1. The minimum absolute atomic E-state index is 0.00490. The van der Waals surface area contributed by atoms with E-state index in [9.17, 15) is 22.7 Å². The molecule has 4 aromatic carbocycles. The second-order valence-electron chi connectivity index (χ2n) is 11.5. The SMILES string of the molecule is CC(C)(CCS(C)(=O)=O)c1c(Cc2ccc(C(=O)O)cc2)c2c(OCc3ccccc3)cccc2n1-c1ccc(F)cc1. The Morgan fingerprint density at radius 2 is 1.56 bits per heavy atom. The molecule has 0 saturated heterocycles. The predicted octanol–water partition coefficient (Wildman–Crippen LogP) is 7.35. The third-order valence-corrected chi connectivity index (χ3v) is 8.64. The Hall–Kier alpha value is -4.43. The number of ether oxygens (including phenoxy) is 1. The molecule has 43 heavy (non-hydrogen) atoms. The smallest absolute Gasteiger partial charge is 0.335 e. The number of aromatic nitrogens is 1. The van der Waals surface area contributed by atoms with Gasteiger partial charge in [0.1, 0.15) is 28.0 Å². The summed E-state index contributed by atoms with van der Waals surface area (Å²) in [5, 5.41) is 10.3. The van der Waals surface area contributed by atoms with E-state index >= 15 is 0 Å². The lowest BCUT2D eigenvalue weighted by atomic mass is 9.82. The van der Waals surface area contributed by atoms with Gasteiger partial charge in [-0.05, 0) is 71.6 Å². The zero-order valence-electron chi connectivity index (χ0n) is 24.4. The molecule has 1 aromatic heterocycles. The van der Waals surface area contributed by atoms with Crippen LogP contribution in [-0.2, 0) is 28.3 Å². The topological polar surface area (TPSA) is 85.6 Å². The maximum Gasteiger partial charge on any atom is 0.335 e. The second kappa shape index (κ2) is 12.1. The molecule has 5 aromatic rings. The number of halogens is 1. The van der Waals surface area contributed by atoms with Crippen molar-refractivity contribution in [2.75, 3.05) is 12.0 Å². The molecule has 0 amide bonds. The predicted molar refractivity (Wildman–Crippen MR) is 168 cm³/mol. The maximum atomic E-state index is 14.1. The van der Waals surface area contributed by atoms with E-state index in [1.807, 2.05) is 62.4 Å². The van der Waals surface area contributed by atoms with E-state index in [1.165, 1.54) is 18.4 Å². The molecule has 5 rings (SSSR count). The van der Waals surface area contributed by atoms with Gasteiger partial charge in [-0.1, -0.05) is 62.4 Å². The molecule has 0 spiro atoms. The summed E-state index contributed by atoms with van der Waals surface area (Å²) < 4.78 is 47.2. The molecule has 0 aliphatic carbocycles. The molecule has 0 bridgehead atoms. The number of fused-ring (bicyclic) bond motifs is 1. The van der Waals surface area contributed by atoms with Crippen molar-refractivity contribution in [3.05, 3.63) is 131 Å². The molecule has 0 unspecified atom stereocenters. The Bertz CT molecular complexity index is 1860. The first-order valence-electron chi connectivity index (χ1n) is 14.0. The highest BCUT2D eigenvalue weighted by molar-refractivity contribution is 7.90. The van der Waals surface area contributed by atoms with Crippen LogP contribution in [0.25, 0.3) is 16.6 Å². The van der Waals surface area contributed by atoms with Crippen LogP contribution in [0, 0.1) is 5.82 Å². The summed E-state index contributed by atoms with van der Waals surface area (Å²) in [5.74, 6) is -0.698. The van der Waals surface area contributed by atoms with Crippen molar-refractivity contribution >= 4 is 26.7 Å². The molecule has 1 N–H and O–H groups in total. The molecular weight excluding hydrogens is 565 g/mol. The number of hydrogen-bond acceptors (Lipinski definition) is 4. The fourth-order valence-corrected chi connectivity index (χ4v) is 6.39. The highest BCUT2D eigenvalue weighted by Crippen LogP contribution is 2.43. The Kier molecular flexibility index (Phi) is 8.42. The first-order chi connectivity index (χ1) is 20.4. The maximum absolute atomic E-state index is 14.1. The number of sulfone groups is 1. The van der Waals surface area contributed by atoms with Gasteiger partial charge in [-0.3, -0.25) is 0 Å². The van der Waals surface area contributed by atoms with E-state index in [1.54, 1.807) is 36.4 Å². The van der Waals surface area contributed by atoms with E-state index in [0.29, 0.717) is 25.2 Å². The van der Waals surface area contributed by atoms with E-state index in [0.717, 1.165) is 39.0 Å². The van der Waals surface area contributed by atoms with Gasteiger partial charge in [-0.2, -0.15) is 0 Å². The number of hydrogen-bond donors (Lipinski definition) is 1. The normalized spacial score (nSPS) is 12.0. The van der Waals surface area contributed by atoms with Crippen molar-refractivity contribution in [1.82, 2.24) is 4.57 Å². The largest absolute Gasteiger partial charge is 0.488 e. The Labute approximate surface area is 251 Å². The third kappa shape index (κ3) is 6.81. The molecule has 0 atom stereocenters. The average molecular weight is 600 g/mol. The van der Waals surface area contributed by atoms with Gasteiger partial charge in [-0.15, -0.1) is 0 Å². The Balaban J connectivity index is 1.77. The summed E-state index contributed by atoms with van der Waals surface area (Å²) in [5.41, 5.74) is 4.86. The van der Waals surface area contributed by atoms with Gasteiger partial charge in [-0.25, -0.2) is 17.6 Å². The molecule has 0 saturated carbocycles. The summed E-state index contributed by atoms with van der Waals surface area (Å²) in [6, 6.07) is 28.7. The average Bonchev–Trinajstić information content (AvgIpc) is 3.31. The van der Waals surface area contributed by atoms with Crippen LogP contribution >= 0.6 is 0 Å². The number of nitrogens with zero attached hydrogens (tertiary/aromatic N) is 1. The first kappa shape index (κ1) is 30.0. The monoisotopic (exact) mass is 599 g/mol. The molecule has 222 valence electrons. The fraction of sp³-hybridized carbons (Fsp3) is 0.229. The summed E-state index contributed by atoms with van der Waals surface area (Å²) in [7, 11) is -3.25. The lowest BCUT2D eigenvalue weighted by Crippen LogP contribution is -2.26. The highest BCUT2D eigenvalue weighted by atomic mass is 32.2. The van der Waals surface area contributed by atoms with Crippen molar-refractivity contribution in [3.8, 4) is 11.4 Å². The third-order valence-electron chi connectivity index (χ3n) is 7.70. The lowest BCUT2D eigenvalue weighted by Gasteiger charge is -2.29. The quantitative estimate of drug-likeness (QED) is 0.172. The molecule has 0 aliphatic rings. The molecule has 0 radical (unpaired) electrons. The van der Waals surface area contributed by atoms with Crippen molar-refractivity contribution < 1.29 is 27.4 Å². The zero-order chi connectivity index (χ0) is 30.8. The zero-order valence-corrected chi connectivity index (χ0v) is 25.2. The van der Waals surface area contributed by atoms with Gasteiger partial charge in [0.2, 0.25) is 0 Å². The van der Waals surface area contributed by atoms with Crippen molar-refractivity contribution in [2.45, 2.75) is 38.7 Å². The molecule has 0 fully saturated rings. The summed E-state index contributed by atoms with van der Waals surface area (Å²) in [4.78, 5) is 11.5. The minimum atomic E-state index is -3.25. The molecular formula is C35H34FNO5S. The van der Waals surface area contributed by atoms with Crippen LogP contribution in [0.2, 0.25) is 0 Å². The van der Waals surface area contributed by atoms with Crippen LogP contribution in [0.3, 0.4) is 0 Å². The standard InChI is InChI=1S/C35H34FNO5S/c1-35(2,20-21-43(3,40)41)33-29(22-24-12-14-26(15-13-24)34(38)39)32-30(37(33)28-18-16-27(36)17-19-28)10-7-11-31(32)42-23-25-8-5-4-6-9-25/h4-19H,20-23H2,1-3H3,(H,38,39). The van der Waals surface area contributed by atoms with Gasteiger partial charge in [0, 0.05) is 34.9 Å². The van der Waals surface area contributed by atoms with E-state index in [4.69, 9.17) is 4.74 Å². The number of carboxylic acid groups (broad SMARTS) is 1. The van der Waals surface area contributed by atoms with Gasteiger partial charge in [0.05, 0.1) is 16.8 Å². The van der Waals surface area contributed by atoms with E-state index < -0.39 is 21.2 Å². The van der Waals surface area contributed by atoms with Crippen LogP contribution in [0.1, 0.15) is 53.0 Å². The molecule has 0 aliphatic heterocycles. The van der Waals surface area contributed by atoms with Crippen LogP contribution < -0.4 is 4.74 Å². The van der Waals surface area contributed by atoms with E-state index in [-0.39, 0.29) is 17.1 Å². The highest BCUT2D eigenvalue weighted by Gasteiger charge is 2.33. The molecule has 1 heterocycles. The Morgan fingerprint density at radius 1 is 0.884 bits per heavy atom. The van der Waals surface area contributed by atoms with Crippen molar-refractivity contribution in [3.63, 3.8) is 0 Å². The summed E-state index contributed by atoms with van der Waals surface area (Å²) >= 11 is 0. The second-order valence-corrected chi connectivity index (χ2v) is 13.8. The van der Waals surface area contributed by atoms with Crippen LogP contribution in [-0.4, -0.2) is 36.1 Å². The van der Waals surface area contributed by atoms with Gasteiger partial charge >= 0.3 is 5.97 Å². The number of benzene rings is 4. The number of rotatable bonds is 11. The van der Waals surface area contributed by atoms with Gasteiger partial charge < -0.3 is 14.4 Å². The van der Waals surface area contributed by atoms with Crippen molar-refractivity contribution in [1.29, 1.82) is 0 Å². The lowest BCUT2D eigenvalue weighted by molar-refractivity contribution is 0.0697. The summed E-state index contributed by atoms with van der Waals surface area (Å²) in [6.45, 7) is 4.39. The Morgan fingerprint density at radius 3 is 2.19 bits per heavy atom. The van der Waals surface area contributed by atoms with Gasteiger partial charge in [0.15, 0.2) is 0 Å². The fourth-order valence-electron chi connectivity index (χ4n) is 5.51. The van der Waals surface area contributed by atoms with Crippen LogP contribution in [0.5, 0.6) is 5.75 Å². The molecule has 8 heteroatoms. The summed E-state index contributed by atoms with van der Waals surface area (Å²) in [6.07, 6.45) is 2.03. The van der Waals surface area contributed by atoms with Gasteiger partial charge in [0.25, 0.3) is 0 Å².